The molecule has 0 aliphatic carbocycles. The monoisotopic (exact) mass is 312 g/mol. The average molecular weight is 312 g/mol. The fourth-order valence-electron chi connectivity index (χ4n) is 2.83. The van der Waals surface area contributed by atoms with E-state index in [4.69, 9.17) is 14.6 Å². The maximum atomic E-state index is 10.1. The van der Waals surface area contributed by atoms with Crippen LogP contribution in [0, 0.1) is 0 Å². The average Bonchev–Trinajstić information content (AvgIpc) is 2.55. The Bertz CT molecular complexity index is 419. The maximum Gasteiger partial charge on any atom is 0.137 e. The van der Waals surface area contributed by atoms with Gasteiger partial charge in [-0.2, -0.15) is 0 Å². The molecule has 1 aromatic rings. The number of aliphatic hydroxyl groups is 2. The molecule has 22 heavy (non-hydrogen) atoms. The largest absolute Gasteiger partial charge is 0.497 e. The standard InChI is InChI=1S/C16H26N2O4/c1-21-15-2-4-16(5-3-15)22-13-14(20)12-18-8-6-17(7-9-18)10-11-19/h2-5,14,19-20H,6-13H2,1H3/p+2/t14-/m0/s1. The first-order chi connectivity index (χ1) is 10.7. The summed E-state index contributed by atoms with van der Waals surface area (Å²) < 4.78 is 10.7. The van der Waals surface area contributed by atoms with Crippen LogP contribution in [0.25, 0.3) is 0 Å². The van der Waals surface area contributed by atoms with Crippen molar-refractivity contribution in [2.24, 2.45) is 0 Å². The van der Waals surface area contributed by atoms with Crippen molar-refractivity contribution in [1.29, 1.82) is 0 Å². The molecule has 1 aromatic carbocycles. The molecule has 0 saturated carbocycles. The van der Waals surface area contributed by atoms with E-state index in [0.29, 0.717) is 13.2 Å². The van der Waals surface area contributed by atoms with E-state index in [1.165, 1.54) is 9.80 Å². The van der Waals surface area contributed by atoms with E-state index in [-0.39, 0.29) is 6.61 Å². The number of benzene rings is 1. The van der Waals surface area contributed by atoms with E-state index >= 15 is 0 Å². The molecule has 1 saturated heterocycles. The van der Waals surface area contributed by atoms with Gasteiger partial charge in [-0.05, 0) is 24.3 Å². The number of hydrogen-bond donors (Lipinski definition) is 4. The number of aliphatic hydroxyl groups excluding tert-OH is 2. The second-order valence-electron chi connectivity index (χ2n) is 5.82. The number of rotatable bonds is 8. The van der Waals surface area contributed by atoms with Gasteiger partial charge in [0.2, 0.25) is 0 Å². The molecule has 6 nitrogen and oxygen atoms in total. The summed E-state index contributed by atoms with van der Waals surface area (Å²) in [5, 5.41) is 19.1. The van der Waals surface area contributed by atoms with Gasteiger partial charge in [0.1, 0.15) is 63.5 Å². The lowest BCUT2D eigenvalue weighted by Gasteiger charge is -2.30. The zero-order chi connectivity index (χ0) is 15.8. The molecule has 1 aliphatic rings. The summed E-state index contributed by atoms with van der Waals surface area (Å²) >= 11 is 0. The molecular weight excluding hydrogens is 284 g/mol. The van der Waals surface area contributed by atoms with Crippen LogP contribution in [0.1, 0.15) is 0 Å². The van der Waals surface area contributed by atoms with Gasteiger partial charge >= 0.3 is 0 Å². The van der Waals surface area contributed by atoms with Gasteiger partial charge < -0.3 is 29.5 Å². The molecule has 0 spiro atoms. The quantitative estimate of drug-likeness (QED) is 0.419. The minimum Gasteiger partial charge on any atom is -0.497 e. The summed E-state index contributed by atoms with van der Waals surface area (Å²) in [6.07, 6.45) is -0.462. The van der Waals surface area contributed by atoms with Gasteiger partial charge in [-0.1, -0.05) is 0 Å². The summed E-state index contributed by atoms with van der Waals surface area (Å²) in [7, 11) is 1.63. The molecular formula is C16H28N2O4+2. The third-order valence-corrected chi connectivity index (χ3v) is 4.16. The van der Waals surface area contributed by atoms with Gasteiger partial charge in [-0.15, -0.1) is 0 Å². The SMILES string of the molecule is COc1ccc(OC[C@@H](O)C[NH+]2CC[NH+](CCO)CC2)cc1. The normalized spacial score (nSPS) is 23.0. The highest BCUT2D eigenvalue weighted by atomic mass is 16.5. The van der Waals surface area contributed by atoms with Gasteiger partial charge in [-0.25, -0.2) is 0 Å². The Morgan fingerprint density at radius 2 is 1.64 bits per heavy atom. The Morgan fingerprint density at radius 1 is 1.05 bits per heavy atom. The predicted molar refractivity (Wildman–Crippen MR) is 82.7 cm³/mol. The van der Waals surface area contributed by atoms with Crippen LogP contribution in [-0.4, -0.2) is 75.9 Å². The minimum absolute atomic E-state index is 0.253. The fraction of sp³-hybridized carbons (Fsp3) is 0.625. The lowest BCUT2D eigenvalue weighted by molar-refractivity contribution is -1.01. The Labute approximate surface area is 131 Å². The lowest BCUT2D eigenvalue weighted by Crippen LogP contribution is -3.28. The summed E-state index contributed by atoms with van der Waals surface area (Å²) in [5.74, 6) is 1.53. The van der Waals surface area contributed by atoms with Crippen molar-refractivity contribution in [3.05, 3.63) is 24.3 Å². The van der Waals surface area contributed by atoms with Crippen LogP contribution in [0.3, 0.4) is 0 Å². The molecule has 0 amide bonds. The number of hydrogen-bond acceptors (Lipinski definition) is 4. The molecule has 0 radical (unpaired) electrons. The number of piperazine rings is 1. The van der Waals surface area contributed by atoms with E-state index in [0.717, 1.165) is 44.2 Å². The highest BCUT2D eigenvalue weighted by Crippen LogP contribution is 2.16. The maximum absolute atomic E-state index is 10.1. The van der Waals surface area contributed by atoms with E-state index in [9.17, 15) is 5.11 Å². The first-order valence-corrected chi connectivity index (χ1v) is 7.94. The first-order valence-electron chi connectivity index (χ1n) is 7.94. The molecule has 1 heterocycles. The van der Waals surface area contributed by atoms with Gasteiger partial charge in [0.25, 0.3) is 0 Å². The van der Waals surface area contributed by atoms with E-state index in [1.807, 2.05) is 24.3 Å². The zero-order valence-corrected chi connectivity index (χ0v) is 13.3. The van der Waals surface area contributed by atoms with Crippen LogP contribution < -0.4 is 19.3 Å². The third-order valence-electron chi connectivity index (χ3n) is 4.16. The summed E-state index contributed by atoms with van der Waals surface area (Å²) in [4.78, 5) is 2.86. The molecule has 1 atom stereocenters. The number of quaternary nitrogens is 2. The van der Waals surface area contributed by atoms with Crippen molar-refractivity contribution < 1.29 is 29.5 Å². The lowest BCUT2D eigenvalue weighted by atomic mass is 10.2. The van der Waals surface area contributed by atoms with E-state index in [1.54, 1.807) is 7.11 Å². The fourth-order valence-corrected chi connectivity index (χ4v) is 2.83. The van der Waals surface area contributed by atoms with Crippen LogP contribution in [0.5, 0.6) is 11.5 Å². The molecule has 4 N–H and O–H groups in total. The minimum atomic E-state index is -0.462. The van der Waals surface area contributed by atoms with Crippen molar-refractivity contribution >= 4 is 0 Å². The molecule has 0 aromatic heterocycles. The van der Waals surface area contributed by atoms with Gasteiger partial charge in [0.15, 0.2) is 0 Å². The smallest absolute Gasteiger partial charge is 0.137 e. The van der Waals surface area contributed by atoms with Gasteiger partial charge in [0.05, 0.1) is 13.7 Å². The Kier molecular flexibility index (Phi) is 6.92. The van der Waals surface area contributed by atoms with Crippen LogP contribution >= 0.6 is 0 Å². The third kappa shape index (κ3) is 5.46. The number of nitrogens with one attached hydrogen (secondary N) is 2. The molecule has 1 aliphatic heterocycles. The van der Waals surface area contributed by atoms with Crippen LogP contribution in [0.2, 0.25) is 0 Å². The highest BCUT2D eigenvalue weighted by Gasteiger charge is 2.24. The van der Waals surface area contributed by atoms with Gasteiger partial charge in [-0.3, -0.25) is 0 Å². The van der Waals surface area contributed by atoms with Crippen molar-refractivity contribution in [3.8, 4) is 11.5 Å². The van der Waals surface area contributed by atoms with Crippen molar-refractivity contribution in [2.75, 3.05) is 59.6 Å². The highest BCUT2D eigenvalue weighted by molar-refractivity contribution is 5.31. The first kappa shape index (κ1) is 17.0. The molecule has 124 valence electrons. The molecule has 2 rings (SSSR count). The van der Waals surface area contributed by atoms with E-state index < -0.39 is 6.10 Å². The summed E-state index contributed by atoms with van der Waals surface area (Å²) in [6, 6.07) is 7.37. The number of ether oxygens (including phenoxy) is 2. The van der Waals surface area contributed by atoms with Crippen molar-refractivity contribution in [1.82, 2.24) is 0 Å². The molecule has 0 bridgehead atoms. The number of methoxy groups -OCH3 is 1. The second-order valence-corrected chi connectivity index (χ2v) is 5.82. The van der Waals surface area contributed by atoms with Crippen molar-refractivity contribution in [3.63, 3.8) is 0 Å². The Hall–Kier alpha value is -1.34. The van der Waals surface area contributed by atoms with Crippen molar-refractivity contribution in [2.45, 2.75) is 6.10 Å². The summed E-state index contributed by atoms with van der Waals surface area (Å²) in [5.41, 5.74) is 0. The molecule has 6 heteroatoms. The Balaban J connectivity index is 1.66. The van der Waals surface area contributed by atoms with E-state index in [2.05, 4.69) is 0 Å². The van der Waals surface area contributed by atoms with Gasteiger partial charge in [0, 0.05) is 0 Å². The van der Waals surface area contributed by atoms with Crippen LogP contribution in [0.15, 0.2) is 24.3 Å². The molecule has 0 unspecified atom stereocenters. The Morgan fingerprint density at radius 3 is 2.23 bits per heavy atom. The topological polar surface area (TPSA) is 67.8 Å². The zero-order valence-electron chi connectivity index (χ0n) is 13.3. The van der Waals surface area contributed by atoms with Crippen LogP contribution in [-0.2, 0) is 0 Å². The second kappa shape index (κ2) is 8.95. The molecule has 1 fully saturated rings. The van der Waals surface area contributed by atoms with Crippen LogP contribution in [0.4, 0.5) is 0 Å². The summed E-state index contributed by atoms with van der Waals surface area (Å²) in [6.45, 7) is 6.29. The predicted octanol–water partition coefficient (Wildman–Crippen LogP) is -2.79.